The first-order valence-electron chi connectivity index (χ1n) is 5.77. The van der Waals surface area contributed by atoms with Crippen LogP contribution in [0.1, 0.15) is 34.9 Å². The number of benzene rings is 1. The number of nitrogens with one attached hydrogen (secondary N) is 1. The molecule has 5 nitrogen and oxygen atoms in total. The first-order valence-corrected chi connectivity index (χ1v) is 7.33. The molecule has 3 rings (SSSR count). The highest BCUT2D eigenvalue weighted by Gasteiger charge is 2.27. The minimum Gasteiger partial charge on any atom is -0.478 e. The van der Waals surface area contributed by atoms with E-state index in [1.54, 1.807) is 18.2 Å². The molecule has 1 aliphatic carbocycles. The van der Waals surface area contributed by atoms with Gasteiger partial charge in [-0.3, -0.25) is 0 Å². The average molecular weight is 340 g/mol. The van der Waals surface area contributed by atoms with Crippen molar-refractivity contribution in [1.82, 2.24) is 9.36 Å². The molecule has 1 aromatic heterocycles. The van der Waals surface area contributed by atoms with E-state index < -0.39 is 5.97 Å². The summed E-state index contributed by atoms with van der Waals surface area (Å²) in [6.45, 7) is 0. The Morgan fingerprint density at radius 1 is 1.47 bits per heavy atom. The van der Waals surface area contributed by atoms with Crippen LogP contribution in [0.3, 0.4) is 0 Å². The summed E-state index contributed by atoms with van der Waals surface area (Å²) in [5, 5.41) is 12.8. The van der Waals surface area contributed by atoms with Crippen LogP contribution in [-0.4, -0.2) is 20.4 Å². The van der Waals surface area contributed by atoms with Gasteiger partial charge < -0.3 is 10.4 Å². The molecule has 0 aliphatic heterocycles. The smallest absolute Gasteiger partial charge is 0.335 e. The van der Waals surface area contributed by atoms with E-state index in [1.165, 1.54) is 24.4 Å². The quantitative estimate of drug-likeness (QED) is 0.889. The molecule has 0 amide bonds. The summed E-state index contributed by atoms with van der Waals surface area (Å²) in [5.41, 5.74) is 1.02. The third-order valence-electron chi connectivity index (χ3n) is 2.84. The fourth-order valence-corrected chi connectivity index (χ4v) is 2.80. The number of nitrogens with zero attached hydrogens (tertiary/aromatic N) is 2. The molecule has 7 heteroatoms. The lowest BCUT2D eigenvalue weighted by Crippen LogP contribution is -1.98. The molecule has 1 aliphatic rings. The minimum atomic E-state index is -0.945. The van der Waals surface area contributed by atoms with Crippen molar-refractivity contribution in [3.8, 4) is 0 Å². The van der Waals surface area contributed by atoms with Crippen LogP contribution in [0.25, 0.3) is 0 Å². The van der Waals surface area contributed by atoms with Crippen LogP contribution in [0, 0.1) is 0 Å². The molecule has 19 heavy (non-hydrogen) atoms. The standard InChI is InChI=1S/C12H10BrN3O2S/c13-8-5-7(11(17)18)3-4-9(8)14-12-15-10(16-19-12)6-1-2-6/h3-6H,1-2H2,(H,17,18)(H,14,15,16). The molecular weight excluding hydrogens is 330 g/mol. The van der Waals surface area contributed by atoms with E-state index in [9.17, 15) is 4.79 Å². The molecule has 1 heterocycles. The van der Waals surface area contributed by atoms with Gasteiger partial charge in [-0.2, -0.15) is 4.37 Å². The monoisotopic (exact) mass is 339 g/mol. The molecule has 0 radical (unpaired) electrons. The minimum absolute atomic E-state index is 0.244. The van der Waals surface area contributed by atoms with Crippen LogP contribution >= 0.6 is 27.5 Å². The van der Waals surface area contributed by atoms with Crippen molar-refractivity contribution in [3.63, 3.8) is 0 Å². The first kappa shape index (κ1) is 12.6. The van der Waals surface area contributed by atoms with Gasteiger partial charge in [0.2, 0.25) is 5.13 Å². The topological polar surface area (TPSA) is 75.1 Å². The number of halogens is 1. The van der Waals surface area contributed by atoms with E-state index >= 15 is 0 Å². The maximum Gasteiger partial charge on any atom is 0.335 e. The van der Waals surface area contributed by atoms with Crippen molar-refractivity contribution < 1.29 is 9.90 Å². The molecule has 2 aromatic rings. The predicted octanol–water partition coefficient (Wildman–Crippen LogP) is 3.62. The highest BCUT2D eigenvalue weighted by atomic mass is 79.9. The van der Waals surface area contributed by atoms with E-state index in [2.05, 4.69) is 30.6 Å². The number of hydrogen-bond acceptors (Lipinski definition) is 5. The van der Waals surface area contributed by atoms with Crippen molar-refractivity contribution in [3.05, 3.63) is 34.1 Å². The van der Waals surface area contributed by atoms with Gasteiger partial charge in [-0.05, 0) is 47.0 Å². The molecule has 1 fully saturated rings. The van der Waals surface area contributed by atoms with Gasteiger partial charge in [-0.15, -0.1) is 0 Å². The zero-order valence-electron chi connectivity index (χ0n) is 9.76. The van der Waals surface area contributed by atoms with Gasteiger partial charge in [0.25, 0.3) is 0 Å². The predicted molar refractivity (Wildman–Crippen MR) is 76.3 cm³/mol. The lowest BCUT2D eigenvalue weighted by atomic mass is 10.2. The summed E-state index contributed by atoms with van der Waals surface area (Å²) in [6.07, 6.45) is 2.35. The summed E-state index contributed by atoms with van der Waals surface area (Å²) in [4.78, 5) is 15.3. The van der Waals surface area contributed by atoms with Crippen molar-refractivity contribution in [2.75, 3.05) is 5.32 Å². The fraction of sp³-hybridized carbons (Fsp3) is 0.250. The van der Waals surface area contributed by atoms with Crippen molar-refractivity contribution in [2.45, 2.75) is 18.8 Å². The summed E-state index contributed by atoms with van der Waals surface area (Å²) in [5.74, 6) is 0.495. The largest absolute Gasteiger partial charge is 0.478 e. The van der Waals surface area contributed by atoms with Crippen LogP contribution in [0.4, 0.5) is 10.8 Å². The molecular formula is C12H10BrN3O2S. The van der Waals surface area contributed by atoms with Gasteiger partial charge in [0, 0.05) is 21.9 Å². The molecule has 0 saturated heterocycles. The van der Waals surface area contributed by atoms with Gasteiger partial charge in [0.15, 0.2) is 0 Å². The Labute approximate surface area is 122 Å². The third kappa shape index (κ3) is 2.76. The number of anilines is 2. The van der Waals surface area contributed by atoms with E-state index in [-0.39, 0.29) is 5.56 Å². The summed E-state index contributed by atoms with van der Waals surface area (Å²) in [6, 6.07) is 4.83. The highest BCUT2D eigenvalue weighted by Crippen LogP contribution is 2.39. The molecule has 1 aromatic carbocycles. The summed E-state index contributed by atoms with van der Waals surface area (Å²) < 4.78 is 5.00. The van der Waals surface area contributed by atoms with Crippen LogP contribution in [0.15, 0.2) is 22.7 Å². The Bertz CT molecular complexity index is 640. The Morgan fingerprint density at radius 2 is 2.26 bits per heavy atom. The van der Waals surface area contributed by atoms with E-state index in [0.717, 1.165) is 16.6 Å². The average Bonchev–Trinajstić information content (AvgIpc) is 3.12. The highest BCUT2D eigenvalue weighted by molar-refractivity contribution is 9.10. The molecule has 0 spiro atoms. The van der Waals surface area contributed by atoms with Crippen LogP contribution in [0.5, 0.6) is 0 Å². The molecule has 1 saturated carbocycles. The maximum atomic E-state index is 10.8. The third-order valence-corrected chi connectivity index (χ3v) is 4.14. The number of carboxylic acid groups (broad SMARTS) is 1. The molecule has 0 unspecified atom stereocenters. The van der Waals surface area contributed by atoms with Crippen molar-refractivity contribution in [2.24, 2.45) is 0 Å². The molecule has 2 N–H and O–H groups in total. The molecule has 0 atom stereocenters. The molecule has 98 valence electrons. The Hall–Kier alpha value is -1.47. The SMILES string of the molecule is O=C(O)c1ccc(Nc2nc(C3CC3)ns2)c(Br)c1. The lowest BCUT2D eigenvalue weighted by Gasteiger charge is -2.05. The normalized spacial score (nSPS) is 14.4. The Kier molecular flexibility index (Phi) is 3.24. The van der Waals surface area contributed by atoms with Gasteiger partial charge in [-0.1, -0.05) is 0 Å². The second-order valence-electron chi connectivity index (χ2n) is 4.36. The second-order valence-corrected chi connectivity index (χ2v) is 5.96. The van der Waals surface area contributed by atoms with Crippen LogP contribution in [-0.2, 0) is 0 Å². The number of carbonyl (C=O) groups is 1. The second kappa shape index (κ2) is 4.90. The Balaban J connectivity index is 1.79. The zero-order chi connectivity index (χ0) is 13.4. The number of aromatic nitrogens is 2. The maximum absolute atomic E-state index is 10.8. The number of hydrogen-bond donors (Lipinski definition) is 2. The van der Waals surface area contributed by atoms with Crippen molar-refractivity contribution in [1.29, 1.82) is 0 Å². The van der Waals surface area contributed by atoms with E-state index in [0.29, 0.717) is 10.4 Å². The summed E-state index contributed by atoms with van der Waals surface area (Å²) >= 11 is 4.67. The summed E-state index contributed by atoms with van der Waals surface area (Å²) in [7, 11) is 0. The van der Waals surface area contributed by atoms with E-state index in [1.807, 2.05) is 0 Å². The van der Waals surface area contributed by atoms with Gasteiger partial charge in [0.05, 0.1) is 11.3 Å². The Morgan fingerprint density at radius 3 is 2.89 bits per heavy atom. The number of rotatable bonds is 4. The van der Waals surface area contributed by atoms with E-state index in [4.69, 9.17) is 5.11 Å². The zero-order valence-corrected chi connectivity index (χ0v) is 12.2. The van der Waals surface area contributed by atoms with Gasteiger partial charge in [0.1, 0.15) is 5.82 Å². The number of carboxylic acids is 1. The first-order chi connectivity index (χ1) is 9.13. The molecule has 0 bridgehead atoms. The van der Waals surface area contributed by atoms with Crippen LogP contribution in [0.2, 0.25) is 0 Å². The van der Waals surface area contributed by atoms with Gasteiger partial charge >= 0.3 is 5.97 Å². The lowest BCUT2D eigenvalue weighted by molar-refractivity contribution is 0.0697. The van der Waals surface area contributed by atoms with Crippen LogP contribution < -0.4 is 5.32 Å². The fourth-order valence-electron chi connectivity index (χ4n) is 1.66. The van der Waals surface area contributed by atoms with Gasteiger partial charge in [-0.25, -0.2) is 9.78 Å². The number of aromatic carboxylic acids is 1. The van der Waals surface area contributed by atoms with Crippen molar-refractivity contribution >= 4 is 44.3 Å².